The third-order valence-corrected chi connectivity index (χ3v) is 5.25. The number of ether oxygens (including phenoxy) is 1. The first-order valence-electron chi connectivity index (χ1n) is 9.40. The molecule has 2 N–H and O–H groups in total. The van der Waals surface area contributed by atoms with Crippen LogP contribution < -0.4 is 15.4 Å². The van der Waals surface area contributed by atoms with E-state index in [2.05, 4.69) is 15.5 Å². The summed E-state index contributed by atoms with van der Waals surface area (Å²) in [4.78, 5) is 14.6. The van der Waals surface area contributed by atoms with Gasteiger partial charge in [0.1, 0.15) is 5.75 Å². The molecule has 0 spiro atoms. The number of nitrogens with one attached hydrogen (secondary N) is 2. The zero-order chi connectivity index (χ0) is 19.9. The molecule has 5 nitrogen and oxygen atoms in total. The summed E-state index contributed by atoms with van der Waals surface area (Å²) in [5, 5.41) is 7.74. The van der Waals surface area contributed by atoms with E-state index in [-0.39, 0.29) is 11.9 Å². The maximum Gasteiger partial charge on any atom is 0.251 e. The van der Waals surface area contributed by atoms with Gasteiger partial charge in [0.2, 0.25) is 0 Å². The second-order valence-electron chi connectivity index (χ2n) is 6.63. The first kappa shape index (κ1) is 20.4. The number of benzene rings is 2. The van der Waals surface area contributed by atoms with Gasteiger partial charge in [-0.2, -0.15) is 0 Å². The normalized spacial score (nSPS) is 14.4. The number of halogens is 1. The Kier molecular flexibility index (Phi) is 7.12. The maximum absolute atomic E-state index is 12.5. The minimum absolute atomic E-state index is 0.0524. The number of amides is 1. The van der Waals surface area contributed by atoms with Gasteiger partial charge in [-0.3, -0.25) is 4.79 Å². The molecule has 1 aliphatic heterocycles. The summed E-state index contributed by atoms with van der Waals surface area (Å²) in [6.07, 6.45) is 1.70. The van der Waals surface area contributed by atoms with E-state index in [1.165, 1.54) is 0 Å². The Hall–Kier alpha value is -2.31. The summed E-state index contributed by atoms with van der Waals surface area (Å²) in [7, 11) is 0. The lowest BCUT2D eigenvalue weighted by Crippen LogP contribution is -2.47. The van der Waals surface area contributed by atoms with Crippen molar-refractivity contribution >= 4 is 40.5 Å². The number of carbonyl (C=O) groups is 1. The van der Waals surface area contributed by atoms with Crippen molar-refractivity contribution in [2.24, 2.45) is 0 Å². The maximum atomic E-state index is 12.5. The molecule has 7 heteroatoms. The first-order valence-corrected chi connectivity index (χ1v) is 10.2. The molecule has 1 fully saturated rings. The third-order valence-electron chi connectivity index (χ3n) is 4.64. The van der Waals surface area contributed by atoms with Gasteiger partial charge in [0.15, 0.2) is 5.11 Å². The Bertz CT molecular complexity index is 803. The monoisotopic (exact) mass is 417 g/mol. The first-order chi connectivity index (χ1) is 13.5. The lowest BCUT2D eigenvalue weighted by molar-refractivity contribution is 0.0922. The van der Waals surface area contributed by atoms with E-state index >= 15 is 0 Å². The largest absolute Gasteiger partial charge is 0.494 e. The van der Waals surface area contributed by atoms with Crippen LogP contribution in [0.2, 0.25) is 5.02 Å². The van der Waals surface area contributed by atoms with Crippen LogP contribution in [0.4, 0.5) is 5.69 Å². The van der Waals surface area contributed by atoms with Gasteiger partial charge < -0.3 is 20.3 Å². The fourth-order valence-corrected chi connectivity index (χ4v) is 3.53. The molecule has 2 aromatic carbocycles. The highest BCUT2D eigenvalue weighted by Crippen LogP contribution is 2.17. The Morgan fingerprint density at radius 1 is 1.14 bits per heavy atom. The molecule has 2 aromatic rings. The predicted octanol–water partition coefficient (Wildman–Crippen LogP) is 4.33. The molecule has 0 radical (unpaired) electrons. The quantitative estimate of drug-likeness (QED) is 0.709. The van der Waals surface area contributed by atoms with Gasteiger partial charge in [0.25, 0.3) is 5.91 Å². The van der Waals surface area contributed by atoms with Crippen molar-refractivity contribution in [2.75, 3.05) is 25.0 Å². The summed E-state index contributed by atoms with van der Waals surface area (Å²) in [6, 6.07) is 14.8. The molecule has 1 saturated heterocycles. The summed E-state index contributed by atoms with van der Waals surface area (Å²) < 4.78 is 5.41. The van der Waals surface area contributed by atoms with Gasteiger partial charge in [-0.15, -0.1) is 0 Å². The SMILES string of the molecule is CCOc1ccc(C(=O)NC2CCN(C(=S)Nc3ccc(Cl)cc3)CC2)cc1. The minimum atomic E-state index is -0.0524. The number of likely N-dealkylation sites (tertiary alicyclic amines) is 1. The van der Waals surface area contributed by atoms with E-state index in [0.29, 0.717) is 22.3 Å². The lowest BCUT2D eigenvalue weighted by Gasteiger charge is -2.34. The number of hydrogen-bond donors (Lipinski definition) is 2. The molecule has 0 unspecified atom stereocenters. The van der Waals surface area contributed by atoms with Crippen molar-refractivity contribution in [1.82, 2.24) is 10.2 Å². The van der Waals surface area contributed by atoms with Gasteiger partial charge in [-0.1, -0.05) is 11.6 Å². The van der Waals surface area contributed by atoms with Crippen molar-refractivity contribution < 1.29 is 9.53 Å². The number of rotatable bonds is 5. The molecule has 0 atom stereocenters. The molecule has 28 heavy (non-hydrogen) atoms. The Morgan fingerprint density at radius 3 is 2.39 bits per heavy atom. The molecule has 148 valence electrons. The number of anilines is 1. The molecular weight excluding hydrogens is 394 g/mol. The number of hydrogen-bond acceptors (Lipinski definition) is 3. The topological polar surface area (TPSA) is 53.6 Å². The Labute approximate surface area is 176 Å². The fourth-order valence-electron chi connectivity index (χ4n) is 3.10. The molecule has 0 bridgehead atoms. The highest BCUT2D eigenvalue weighted by molar-refractivity contribution is 7.80. The number of nitrogens with zero attached hydrogens (tertiary/aromatic N) is 1. The molecule has 1 aliphatic rings. The molecule has 0 aromatic heterocycles. The van der Waals surface area contributed by atoms with Crippen molar-refractivity contribution in [3.05, 3.63) is 59.1 Å². The van der Waals surface area contributed by atoms with E-state index < -0.39 is 0 Å². The van der Waals surface area contributed by atoms with Gasteiger partial charge in [-0.05, 0) is 80.5 Å². The van der Waals surface area contributed by atoms with Gasteiger partial charge >= 0.3 is 0 Å². The van der Waals surface area contributed by atoms with Crippen LogP contribution in [-0.2, 0) is 0 Å². The van der Waals surface area contributed by atoms with Crippen LogP contribution in [0.1, 0.15) is 30.1 Å². The van der Waals surface area contributed by atoms with E-state index in [0.717, 1.165) is 37.4 Å². The molecule has 1 amide bonds. The minimum Gasteiger partial charge on any atom is -0.494 e. The molecule has 3 rings (SSSR count). The Balaban J connectivity index is 1.46. The number of carbonyl (C=O) groups excluding carboxylic acids is 1. The summed E-state index contributed by atoms with van der Waals surface area (Å²) in [5.41, 5.74) is 1.56. The van der Waals surface area contributed by atoms with Crippen LogP contribution in [0.3, 0.4) is 0 Å². The van der Waals surface area contributed by atoms with Gasteiger partial charge in [-0.25, -0.2) is 0 Å². The summed E-state index contributed by atoms with van der Waals surface area (Å²) in [6.45, 7) is 4.14. The summed E-state index contributed by atoms with van der Waals surface area (Å²) in [5.74, 6) is 0.720. The predicted molar refractivity (Wildman–Crippen MR) is 117 cm³/mol. The second-order valence-corrected chi connectivity index (χ2v) is 7.45. The highest BCUT2D eigenvalue weighted by atomic mass is 35.5. The van der Waals surface area contributed by atoms with Crippen molar-refractivity contribution in [3.63, 3.8) is 0 Å². The van der Waals surface area contributed by atoms with E-state index in [1.54, 1.807) is 12.1 Å². The van der Waals surface area contributed by atoms with Crippen molar-refractivity contribution in [3.8, 4) is 5.75 Å². The van der Waals surface area contributed by atoms with Crippen molar-refractivity contribution in [2.45, 2.75) is 25.8 Å². The molecule has 1 heterocycles. The third kappa shape index (κ3) is 5.59. The average molecular weight is 418 g/mol. The average Bonchev–Trinajstić information content (AvgIpc) is 2.71. The van der Waals surface area contributed by atoms with Gasteiger partial charge in [0.05, 0.1) is 6.61 Å². The van der Waals surface area contributed by atoms with E-state index in [4.69, 9.17) is 28.6 Å². The molecular formula is C21H24ClN3O2S. The number of piperidine rings is 1. The van der Waals surface area contributed by atoms with Crippen LogP contribution in [0, 0.1) is 0 Å². The van der Waals surface area contributed by atoms with E-state index in [9.17, 15) is 4.79 Å². The van der Waals surface area contributed by atoms with E-state index in [1.807, 2.05) is 43.3 Å². The molecule has 0 aliphatic carbocycles. The molecule has 0 saturated carbocycles. The van der Waals surface area contributed by atoms with Crippen LogP contribution in [0.15, 0.2) is 48.5 Å². The lowest BCUT2D eigenvalue weighted by atomic mass is 10.0. The fraction of sp³-hybridized carbons (Fsp3) is 0.333. The van der Waals surface area contributed by atoms with Crippen molar-refractivity contribution in [1.29, 1.82) is 0 Å². The standard InChI is InChI=1S/C21H24ClN3O2S/c1-2-27-19-9-3-15(4-10-19)20(26)23-18-11-13-25(14-12-18)21(28)24-17-7-5-16(22)6-8-17/h3-10,18H,2,11-14H2,1H3,(H,23,26)(H,24,28). The highest BCUT2D eigenvalue weighted by Gasteiger charge is 2.22. The smallest absolute Gasteiger partial charge is 0.251 e. The van der Waals surface area contributed by atoms with Crippen LogP contribution in [0.5, 0.6) is 5.75 Å². The second kappa shape index (κ2) is 9.75. The Morgan fingerprint density at radius 2 is 1.79 bits per heavy atom. The number of thiocarbonyl (C=S) groups is 1. The summed E-state index contributed by atoms with van der Waals surface area (Å²) >= 11 is 11.4. The van der Waals surface area contributed by atoms with Crippen LogP contribution in [-0.4, -0.2) is 41.7 Å². The zero-order valence-electron chi connectivity index (χ0n) is 15.8. The van der Waals surface area contributed by atoms with Crippen LogP contribution >= 0.6 is 23.8 Å². The van der Waals surface area contributed by atoms with Crippen LogP contribution in [0.25, 0.3) is 0 Å². The zero-order valence-corrected chi connectivity index (χ0v) is 17.4. The van der Waals surface area contributed by atoms with Gasteiger partial charge in [0, 0.05) is 35.4 Å².